The minimum Gasteiger partial charge on any atom is -0.345 e. The lowest BCUT2D eigenvalue weighted by atomic mass is 10.1. The predicted molar refractivity (Wildman–Crippen MR) is 250 cm³/mol. The van der Waals surface area contributed by atoms with E-state index >= 15 is 0 Å². The van der Waals surface area contributed by atoms with Crippen molar-refractivity contribution >= 4 is 59.1 Å². The molecule has 0 unspecified atom stereocenters. The van der Waals surface area contributed by atoms with Gasteiger partial charge in [0.2, 0.25) is 59.1 Å². The Morgan fingerprint density at radius 1 is 0.412 bits per heavy atom. The van der Waals surface area contributed by atoms with Gasteiger partial charge in [0.05, 0.1) is 13.1 Å². The number of carbonyl (C=O) groups excluding carboxylic acids is 10. The largest absolute Gasteiger partial charge is 0.345 e. The topological polar surface area (TPSA) is 377 Å². The van der Waals surface area contributed by atoms with E-state index in [0.29, 0.717) is 90.4 Å². The number of nitrogens with zero attached hydrogens (tertiary/aromatic N) is 2. The summed E-state index contributed by atoms with van der Waals surface area (Å²) in [7, 11) is 0. The van der Waals surface area contributed by atoms with Crippen molar-refractivity contribution in [2.24, 2.45) is 22.9 Å². The third kappa shape index (κ3) is 18.2. The van der Waals surface area contributed by atoms with Crippen LogP contribution < -0.4 is 65.5 Å². The molecule has 384 valence electrons. The molecule has 24 nitrogen and oxygen atoms in total. The quantitative estimate of drug-likeness (QED) is 0.0652. The van der Waals surface area contributed by atoms with Crippen molar-refractivity contribution in [2.75, 3.05) is 52.4 Å². The standard InChI is InChI=1S/C44H78N14O10/c1-27-37(61)55-31(15-5-9-21-47)43(67)57-23-11-17-33(57)41(65)50-26-36(60)54-30(14-4-8-20-46)40(64)52-28(2)38(62)56-32(16-6-10-22-48)44(68)58-24-12-18-34(58)42(66)49-25-35(59)53-29(39(63)51-27)13-3-7-19-45/h27-34H,3-26,45-48H2,1-2H3,(H,49,66)(H,50,65)(H,51,63)(H,52,64)(H,53,59)(H,54,60)(H,55,61)(H,56,62)/t27-,28-,29-,30-,31-,32-,33-,34-/m0/s1. The average Bonchev–Trinajstić information content (AvgIpc) is 4.02. The van der Waals surface area contributed by atoms with Crippen LogP contribution >= 0.6 is 0 Å². The third-order valence-electron chi connectivity index (χ3n) is 12.3. The minimum atomic E-state index is -1.18. The summed E-state index contributed by atoms with van der Waals surface area (Å²) < 4.78 is 0. The van der Waals surface area contributed by atoms with Crippen LogP contribution in [0.3, 0.4) is 0 Å². The predicted octanol–water partition coefficient (Wildman–Crippen LogP) is -4.32. The molecule has 3 saturated heterocycles. The summed E-state index contributed by atoms with van der Waals surface area (Å²) in [5.74, 6) is -6.51. The molecule has 16 N–H and O–H groups in total. The molecule has 0 bridgehead atoms. The van der Waals surface area contributed by atoms with Crippen LogP contribution in [0.2, 0.25) is 0 Å². The number of amides is 10. The number of rotatable bonds is 16. The van der Waals surface area contributed by atoms with Gasteiger partial charge in [-0.25, -0.2) is 0 Å². The number of unbranched alkanes of at least 4 members (excludes halogenated alkanes) is 4. The van der Waals surface area contributed by atoms with E-state index in [9.17, 15) is 47.9 Å². The number of nitrogens with two attached hydrogens (primary N) is 4. The summed E-state index contributed by atoms with van der Waals surface area (Å²) >= 11 is 0. The van der Waals surface area contributed by atoms with Crippen molar-refractivity contribution in [3.05, 3.63) is 0 Å². The van der Waals surface area contributed by atoms with Gasteiger partial charge >= 0.3 is 0 Å². The van der Waals surface area contributed by atoms with Crippen LogP contribution in [0.4, 0.5) is 0 Å². The number of carbonyl (C=O) groups is 10. The fraction of sp³-hybridized carbons (Fsp3) is 0.773. The molecule has 3 aliphatic heterocycles. The highest BCUT2D eigenvalue weighted by Gasteiger charge is 2.40. The van der Waals surface area contributed by atoms with Crippen molar-refractivity contribution < 1.29 is 47.9 Å². The van der Waals surface area contributed by atoms with Crippen molar-refractivity contribution in [2.45, 2.75) is 165 Å². The van der Waals surface area contributed by atoms with Crippen LogP contribution in [0, 0.1) is 0 Å². The second-order valence-corrected chi connectivity index (χ2v) is 17.8. The summed E-state index contributed by atoms with van der Waals surface area (Å²) in [6, 6.07) is -8.78. The van der Waals surface area contributed by atoms with Gasteiger partial charge in [-0.15, -0.1) is 0 Å². The lowest BCUT2D eigenvalue weighted by molar-refractivity contribution is -0.142. The fourth-order valence-electron chi connectivity index (χ4n) is 8.44. The van der Waals surface area contributed by atoms with Gasteiger partial charge in [0.25, 0.3) is 0 Å². The van der Waals surface area contributed by atoms with E-state index in [4.69, 9.17) is 22.9 Å². The minimum absolute atomic E-state index is 0.150. The SMILES string of the molecule is C[C@@H]1NC(=O)[C@H](CCCCN)NC(=O)CNC(=O)[C@@H]2CCCN2C(=O)[C@H](CCCCN)NC(=O)[C@H](C)NC(=O)[C@H](CCCCN)NC(=O)CNC(=O)[C@@H]2CCCN2C(=O)[C@H](CCCCN)NC1=O. The monoisotopic (exact) mass is 963 g/mol. The highest BCUT2D eigenvalue weighted by Crippen LogP contribution is 2.22. The molecule has 68 heavy (non-hydrogen) atoms. The number of nitrogens with one attached hydrogen (secondary N) is 8. The lowest BCUT2D eigenvalue weighted by Gasteiger charge is -2.30. The number of hydrogen-bond donors (Lipinski definition) is 12. The molecule has 8 atom stereocenters. The van der Waals surface area contributed by atoms with Gasteiger partial charge in [-0.2, -0.15) is 0 Å². The molecule has 0 aliphatic carbocycles. The summed E-state index contributed by atoms with van der Waals surface area (Å²) in [6.45, 7) is 3.45. The van der Waals surface area contributed by atoms with Crippen molar-refractivity contribution in [3.8, 4) is 0 Å². The summed E-state index contributed by atoms with van der Waals surface area (Å²) in [5, 5.41) is 21.1. The Bertz CT molecular complexity index is 1620. The average molecular weight is 963 g/mol. The second kappa shape index (κ2) is 30.1. The van der Waals surface area contributed by atoms with E-state index in [1.165, 1.54) is 23.6 Å². The molecule has 3 heterocycles. The Morgan fingerprint density at radius 3 is 1.06 bits per heavy atom. The maximum absolute atomic E-state index is 14.1. The first-order valence-electron chi connectivity index (χ1n) is 24.3. The highest BCUT2D eigenvalue weighted by molar-refractivity contribution is 5.98. The Kier molecular flexibility index (Phi) is 25.2. The van der Waals surface area contributed by atoms with Crippen LogP contribution in [0.1, 0.15) is 117 Å². The van der Waals surface area contributed by atoms with Gasteiger partial charge in [0.1, 0.15) is 48.3 Å². The molecule has 0 radical (unpaired) electrons. The maximum atomic E-state index is 14.1. The molecule has 24 heteroatoms. The third-order valence-corrected chi connectivity index (χ3v) is 12.3. The molecule has 3 fully saturated rings. The number of fused-ring (bicyclic) bond motifs is 2. The van der Waals surface area contributed by atoms with Gasteiger partial charge in [0, 0.05) is 13.1 Å². The molecule has 0 aromatic rings. The highest BCUT2D eigenvalue weighted by atomic mass is 16.2. The molecule has 0 aromatic heterocycles. The van der Waals surface area contributed by atoms with Crippen molar-refractivity contribution in [1.82, 2.24) is 52.3 Å². The van der Waals surface area contributed by atoms with Crippen LogP contribution in [0.5, 0.6) is 0 Å². The molecule has 0 spiro atoms. The van der Waals surface area contributed by atoms with E-state index in [1.807, 2.05) is 0 Å². The zero-order valence-corrected chi connectivity index (χ0v) is 39.9. The van der Waals surface area contributed by atoms with Crippen molar-refractivity contribution in [1.29, 1.82) is 0 Å². The Balaban J connectivity index is 1.95. The molecule has 0 aromatic carbocycles. The second-order valence-electron chi connectivity index (χ2n) is 17.8. The summed E-state index contributed by atoms with van der Waals surface area (Å²) in [4.78, 5) is 139. The van der Waals surface area contributed by atoms with Gasteiger partial charge < -0.3 is 75.3 Å². The Labute approximate surface area is 398 Å². The van der Waals surface area contributed by atoms with E-state index in [1.54, 1.807) is 0 Å². The van der Waals surface area contributed by atoms with E-state index < -0.39 is 120 Å². The maximum Gasteiger partial charge on any atom is 0.245 e. The first-order valence-corrected chi connectivity index (χ1v) is 24.3. The fourth-order valence-corrected chi connectivity index (χ4v) is 8.44. The zero-order valence-electron chi connectivity index (χ0n) is 39.9. The summed E-state index contributed by atoms with van der Waals surface area (Å²) in [5.41, 5.74) is 22.8. The van der Waals surface area contributed by atoms with E-state index in [0.717, 1.165) is 0 Å². The lowest BCUT2D eigenvalue weighted by Crippen LogP contribution is -2.59. The number of hydrogen-bond acceptors (Lipinski definition) is 14. The molecular weight excluding hydrogens is 885 g/mol. The molecule has 3 rings (SSSR count). The van der Waals surface area contributed by atoms with Gasteiger partial charge in [-0.3, -0.25) is 47.9 Å². The summed E-state index contributed by atoms with van der Waals surface area (Å²) in [6.07, 6.45) is 6.07. The van der Waals surface area contributed by atoms with Crippen molar-refractivity contribution in [3.63, 3.8) is 0 Å². The van der Waals surface area contributed by atoms with Gasteiger partial charge in [0.15, 0.2) is 0 Å². The van der Waals surface area contributed by atoms with Crippen LogP contribution in [-0.4, -0.2) is 170 Å². The van der Waals surface area contributed by atoms with Gasteiger partial charge in [-0.05, 0) is 143 Å². The molecule has 3 aliphatic rings. The molecular formula is C44H78N14O10. The van der Waals surface area contributed by atoms with Crippen LogP contribution in [0.15, 0.2) is 0 Å². The van der Waals surface area contributed by atoms with Gasteiger partial charge in [-0.1, -0.05) is 0 Å². The first-order chi connectivity index (χ1) is 32.6. The van der Waals surface area contributed by atoms with Crippen LogP contribution in [0.25, 0.3) is 0 Å². The Morgan fingerprint density at radius 2 is 0.735 bits per heavy atom. The zero-order chi connectivity index (χ0) is 50.2. The van der Waals surface area contributed by atoms with Crippen LogP contribution in [-0.2, 0) is 47.9 Å². The Hall–Kier alpha value is -5.46. The van der Waals surface area contributed by atoms with E-state index in [-0.39, 0.29) is 51.6 Å². The molecule has 10 amide bonds. The molecule has 0 saturated carbocycles. The first kappa shape index (κ1) is 56.9. The smallest absolute Gasteiger partial charge is 0.245 e. The van der Waals surface area contributed by atoms with E-state index in [2.05, 4.69) is 42.5 Å². The normalized spacial score (nSPS) is 27.1.